The van der Waals surface area contributed by atoms with Crippen LogP contribution in [0.1, 0.15) is 36.8 Å². The highest BCUT2D eigenvalue weighted by atomic mass is 16.5. The Hall–Kier alpha value is -2.38. The zero-order valence-corrected chi connectivity index (χ0v) is 17.3. The van der Waals surface area contributed by atoms with Crippen LogP contribution < -0.4 is 5.32 Å². The molecule has 1 unspecified atom stereocenters. The number of amides is 2. The summed E-state index contributed by atoms with van der Waals surface area (Å²) in [5, 5.41) is 7.37. The smallest absolute Gasteiger partial charge is 0.321 e. The number of rotatable bonds is 5. The lowest BCUT2D eigenvalue weighted by atomic mass is 10.1. The fraction of sp³-hybridized carbons (Fsp3) is 0.545. The number of nitrogens with zero attached hydrogens (tertiary/aromatic N) is 3. The number of likely N-dealkylation sites (tertiary alicyclic amines) is 1. The molecule has 3 heterocycles. The largest absolute Gasteiger partial charge is 0.376 e. The van der Waals surface area contributed by atoms with Crippen LogP contribution in [0.3, 0.4) is 0 Å². The summed E-state index contributed by atoms with van der Waals surface area (Å²) in [7, 11) is 0. The molecule has 156 valence electrons. The van der Waals surface area contributed by atoms with E-state index in [4.69, 9.17) is 9.47 Å². The summed E-state index contributed by atoms with van der Waals surface area (Å²) in [5.41, 5.74) is 4.08. The molecule has 1 aromatic carbocycles. The van der Waals surface area contributed by atoms with Crippen molar-refractivity contribution in [1.82, 2.24) is 14.7 Å². The average Bonchev–Trinajstić information content (AvgIpc) is 3.39. The van der Waals surface area contributed by atoms with Crippen LogP contribution in [-0.4, -0.2) is 59.2 Å². The van der Waals surface area contributed by atoms with E-state index in [1.807, 2.05) is 17.2 Å². The third kappa shape index (κ3) is 4.97. The van der Waals surface area contributed by atoms with Gasteiger partial charge in [0.1, 0.15) is 0 Å². The van der Waals surface area contributed by atoms with Gasteiger partial charge in [0.2, 0.25) is 0 Å². The Balaban J connectivity index is 1.26. The second-order valence-corrected chi connectivity index (χ2v) is 8.05. The molecule has 1 aromatic heterocycles. The van der Waals surface area contributed by atoms with E-state index in [2.05, 4.69) is 36.4 Å². The topological polar surface area (TPSA) is 68.6 Å². The highest BCUT2D eigenvalue weighted by Crippen LogP contribution is 2.20. The minimum Gasteiger partial charge on any atom is -0.376 e. The zero-order chi connectivity index (χ0) is 20.2. The maximum atomic E-state index is 12.6. The number of benzene rings is 1. The Morgan fingerprint density at radius 1 is 1.28 bits per heavy atom. The van der Waals surface area contributed by atoms with Gasteiger partial charge in [0.25, 0.3) is 0 Å². The van der Waals surface area contributed by atoms with E-state index in [0.717, 1.165) is 43.5 Å². The molecule has 0 radical (unpaired) electrons. The third-order valence-electron chi connectivity index (χ3n) is 5.70. The molecule has 2 fully saturated rings. The number of hydrogen-bond acceptors (Lipinski definition) is 4. The summed E-state index contributed by atoms with van der Waals surface area (Å²) in [6.07, 6.45) is 7.97. The second kappa shape index (κ2) is 8.97. The number of urea groups is 1. The third-order valence-corrected chi connectivity index (χ3v) is 5.70. The first kappa shape index (κ1) is 19.9. The van der Waals surface area contributed by atoms with Crippen LogP contribution in [0, 0.1) is 13.8 Å². The van der Waals surface area contributed by atoms with Gasteiger partial charge >= 0.3 is 6.03 Å². The minimum atomic E-state index is -0.0808. The van der Waals surface area contributed by atoms with E-state index < -0.39 is 0 Å². The molecule has 2 amide bonds. The lowest BCUT2D eigenvalue weighted by Crippen LogP contribution is -2.43. The number of ether oxygens (including phenoxy) is 2. The van der Waals surface area contributed by atoms with Gasteiger partial charge in [-0.05, 0) is 51.2 Å². The molecule has 0 bridgehead atoms. The Morgan fingerprint density at radius 2 is 2.10 bits per heavy atom. The molecular weight excluding hydrogens is 368 g/mol. The number of aromatic nitrogens is 2. The molecule has 7 nitrogen and oxygen atoms in total. The molecule has 2 aromatic rings. The first-order valence-electron chi connectivity index (χ1n) is 10.5. The van der Waals surface area contributed by atoms with E-state index in [9.17, 15) is 4.79 Å². The Kier molecular flexibility index (Phi) is 6.16. The molecule has 2 aliphatic rings. The fourth-order valence-corrected chi connectivity index (χ4v) is 4.03. The molecule has 7 heteroatoms. The molecule has 2 aliphatic heterocycles. The molecule has 29 heavy (non-hydrogen) atoms. The maximum Gasteiger partial charge on any atom is 0.321 e. The Bertz CT molecular complexity index is 836. The molecular formula is C22H30N4O3. The number of piperidine rings is 1. The highest BCUT2D eigenvalue weighted by Gasteiger charge is 2.25. The molecule has 0 saturated carbocycles. The normalized spacial score (nSPS) is 20.2. The van der Waals surface area contributed by atoms with Crippen molar-refractivity contribution in [1.29, 1.82) is 0 Å². The molecule has 4 rings (SSSR count). The summed E-state index contributed by atoms with van der Waals surface area (Å²) in [6.45, 7) is 7.07. The van der Waals surface area contributed by atoms with Crippen LogP contribution >= 0.6 is 0 Å². The van der Waals surface area contributed by atoms with Gasteiger partial charge in [0.05, 0.1) is 42.6 Å². The highest BCUT2D eigenvalue weighted by molar-refractivity contribution is 5.89. The first-order valence-corrected chi connectivity index (χ1v) is 10.5. The van der Waals surface area contributed by atoms with Crippen LogP contribution in [0.25, 0.3) is 5.69 Å². The van der Waals surface area contributed by atoms with E-state index >= 15 is 0 Å². The van der Waals surface area contributed by atoms with Crippen molar-refractivity contribution in [3.05, 3.63) is 41.7 Å². The molecule has 0 spiro atoms. The van der Waals surface area contributed by atoms with Gasteiger partial charge in [-0.25, -0.2) is 9.48 Å². The number of aryl methyl sites for hydroxylation is 2. The van der Waals surface area contributed by atoms with Crippen molar-refractivity contribution in [3.63, 3.8) is 0 Å². The van der Waals surface area contributed by atoms with Crippen LogP contribution in [0.4, 0.5) is 10.5 Å². The summed E-state index contributed by atoms with van der Waals surface area (Å²) in [5.74, 6) is 0. The van der Waals surface area contributed by atoms with Crippen molar-refractivity contribution in [2.45, 2.75) is 51.7 Å². The van der Waals surface area contributed by atoms with Crippen molar-refractivity contribution in [2.24, 2.45) is 0 Å². The summed E-state index contributed by atoms with van der Waals surface area (Å²) in [6, 6.07) is 6.15. The Morgan fingerprint density at radius 3 is 2.83 bits per heavy atom. The fourth-order valence-electron chi connectivity index (χ4n) is 4.03. The van der Waals surface area contributed by atoms with Crippen LogP contribution in [0.2, 0.25) is 0 Å². The maximum absolute atomic E-state index is 12.6. The van der Waals surface area contributed by atoms with E-state index in [1.54, 1.807) is 10.9 Å². The van der Waals surface area contributed by atoms with Crippen molar-refractivity contribution in [2.75, 3.05) is 31.6 Å². The second-order valence-electron chi connectivity index (χ2n) is 8.05. The summed E-state index contributed by atoms with van der Waals surface area (Å²) in [4.78, 5) is 14.5. The summed E-state index contributed by atoms with van der Waals surface area (Å²) >= 11 is 0. The molecule has 0 aliphatic carbocycles. The van der Waals surface area contributed by atoms with Crippen LogP contribution in [0.15, 0.2) is 30.6 Å². The molecule has 2 saturated heterocycles. The van der Waals surface area contributed by atoms with E-state index in [-0.39, 0.29) is 18.2 Å². The number of anilines is 1. The van der Waals surface area contributed by atoms with Gasteiger partial charge in [0, 0.05) is 19.7 Å². The van der Waals surface area contributed by atoms with Gasteiger partial charge in [0.15, 0.2) is 0 Å². The zero-order valence-electron chi connectivity index (χ0n) is 17.3. The number of carbonyl (C=O) groups excluding carboxylic acids is 1. The summed E-state index contributed by atoms with van der Waals surface area (Å²) < 4.78 is 13.4. The molecule has 1 atom stereocenters. The van der Waals surface area contributed by atoms with Crippen LogP contribution in [0.5, 0.6) is 0 Å². The predicted molar refractivity (Wildman–Crippen MR) is 112 cm³/mol. The first-order chi connectivity index (χ1) is 14.1. The lowest BCUT2D eigenvalue weighted by Gasteiger charge is -2.32. The quantitative estimate of drug-likeness (QED) is 0.834. The average molecular weight is 399 g/mol. The van der Waals surface area contributed by atoms with Crippen molar-refractivity contribution in [3.8, 4) is 5.69 Å². The molecule has 1 N–H and O–H groups in total. The van der Waals surface area contributed by atoms with Gasteiger partial charge in [-0.3, -0.25) is 0 Å². The van der Waals surface area contributed by atoms with E-state index in [0.29, 0.717) is 25.4 Å². The Labute approximate surface area is 172 Å². The van der Waals surface area contributed by atoms with Gasteiger partial charge < -0.3 is 19.7 Å². The monoisotopic (exact) mass is 398 g/mol. The number of carbonyl (C=O) groups is 1. The predicted octanol–water partition coefficient (Wildman–Crippen LogP) is 3.68. The van der Waals surface area contributed by atoms with Crippen molar-refractivity contribution < 1.29 is 14.3 Å². The number of hydrogen-bond donors (Lipinski definition) is 1. The van der Waals surface area contributed by atoms with Gasteiger partial charge in [-0.15, -0.1) is 0 Å². The van der Waals surface area contributed by atoms with Crippen LogP contribution in [-0.2, 0) is 9.47 Å². The standard InChI is InChI=1S/C22H30N4O3/c1-16-5-6-21(17(2)12-16)26-14-18(13-23-26)24-22(27)25-9-7-19(8-10-25)29-15-20-4-3-11-28-20/h5-6,12-14,19-20H,3-4,7-11,15H2,1-2H3,(H,24,27). The number of nitrogens with one attached hydrogen (secondary N) is 1. The van der Waals surface area contributed by atoms with Gasteiger partial charge in [-0.1, -0.05) is 17.7 Å². The van der Waals surface area contributed by atoms with Crippen molar-refractivity contribution >= 4 is 11.7 Å². The SMILES string of the molecule is Cc1ccc(-n2cc(NC(=O)N3CCC(OCC4CCCO4)CC3)cn2)c(C)c1. The minimum absolute atomic E-state index is 0.0808. The van der Waals surface area contributed by atoms with Gasteiger partial charge in [-0.2, -0.15) is 5.10 Å². The lowest BCUT2D eigenvalue weighted by molar-refractivity contribution is -0.0377. The van der Waals surface area contributed by atoms with E-state index in [1.165, 1.54) is 5.56 Å².